The molecule has 8 nitrogen and oxygen atoms in total. The molecule has 1 aliphatic rings. The third-order valence-corrected chi connectivity index (χ3v) is 5.26. The average molecular weight is 377 g/mol. The Balaban J connectivity index is 1.73. The molecule has 3 heterocycles. The average Bonchev–Trinajstić information content (AvgIpc) is 2.97. The Bertz CT molecular complexity index is 797. The highest BCUT2D eigenvalue weighted by molar-refractivity contribution is 5.81. The topological polar surface area (TPSA) is 102 Å². The summed E-state index contributed by atoms with van der Waals surface area (Å²) < 4.78 is 7.28. The number of anilines is 1. The van der Waals surface area contributed by atoms with Crippen LogP contribution in [0.15, 0.2) is 4.79 Å². The maximum atomic E-state index is 12.4. The molecule has 150 valence electrons. The van der Waals surface area contributed by atoms with Crippen molar-refractivity contribution in [1.29, 1.82) is 0 Å². The molecule has 1 aliphatic heterocycles. The van der Waals surface area contributed by atoms with Gasteiger partial charge in [-0.1, -0.05) is 20.3 Å². The molecular formula is C19H32N6O2. The van der Waals surface area contributed by atoms with Crippen LogP contribution in [0.2, 0.25) is 0 Å². The molecule has 2 aromatic rings. The van der Waals surface area contributed by atoms with Crippen molar-refractivity contribution in [3.05, 3.63) is 10.5 Å². The SMILES string of the molecule is CCCCOc1nc(N)c2[nH]c(=O)n(CCC3CCCN(CCC)C3)c2n1. The second kappa shape index (κ2) is 9.21. The number of aromatic nitrogens is 4. The summed E-state index contributed by atoms with van der Waals surface area (Å²) in [5.74, 6) is 0.871. The summed E-state index contributed by atoms with van der Waals surface area (Å²) in [6, 6.07) is 0.244. The molecule has 2 aromatic heterocycles. The lowest BCUT2D eigenvalue weighted by atomic mass is 9.94. The van der Waals surface area contributed by atoms with Gasteiger partial charge in [0.15, 0.2) is 11.5 Å². The van der Waals surface area contributed by atoms with Crippen LogP contribution in [0.1, 0.15) is 52.4 Å². The van der Waals surface area contributed by atoms with Crippen LogP contribution in [0.3, 0.4) is 0 Å². The van der Waals surface area contributed by atoms with Crippen molar-refractivity contribution in [1.82, 2.24) is 24.4 Å². The Kier molecular flexibility index (Phi) is 6.71. The first-order chi connectivity index (χ1) is 13.1. The number of aryl methyl sites for hydroxylation is 1. The number of hydrogen-bond acceptors (Lipinski definition) is 6. The lowest BCUT2D eigenvalue weighted by Gasteiger charge is -2.32. The Morgan fingerprint density at radius 3 is 2.89 bits per heavy atom. The Labute approximate surface area is 160 Å². The van der Waals surface area contributed by atoms with Crippen molar-refractivity contribution < 1.29 is 4.74 Å². The number of imidazole rings is 1. The lowest BCUT2D eigenvalue weighted by molar-refractivity contribution is 0.165. The van der Waals surface area contributed by atoms with Crippen LogP contribution in [0.4, 0.5) is 5.82 Å². The normalized spacial score (nSPS) is 18.2. The minimum atomic E-state index is -0.182. The third-order valence-electron chi connectivity index (χ3n) is 5.26. The van der Waals surface area contributed by atoms with E-state index >= 15 is 0 Å². The van der Waals surface area contributed by atoms with E-state index in [0.717, 1.165) is 32.4 Å². The summed E-state index contributed by atoms with van der Waals surface area (Å²) >= 11 is 0. The number of nitrogen functional groups attached to an aromatic ring is 1. The molecule has 1 unspecified atom stereocenters. The fourth-order valence-electron chi connectivity index (χ4n) is 3.83. The number of rotatable bonds is 9. The van der Waals surface area contributed by atoms with Crippen LogP contribution in [0.5, 0.6) is 6.01 Å². The maximum absolute atomic E-state index is 12.4. The molecule has 0 bridgehead atoms. The van der Waals surface area contributed by atoms with E-state index in [1.165, 1.54) is 25.8 Å². The van der Waals surface area contributed by atoms with Crippen molar-refractivity contribution in [3.8, 4) is 6.01 Å². The summed E-state index contributed by atoms with van der Waals surface area (Å²) in [5.41, 5.74) is 6.87. The minimum absolute atomic E-state index is 0.182. The number of nitrogens with two attached hydrogens (primary N) is 1. The fourth-order valence-corrected chi connectivity index (χ4v) is 3.83. The first kappa shape index (κ1) is 19.7. The molecule has 0 aliphatic carbocycles. The molecule has 0 saturated carbocycles. The Morgan fingerprint density at radius 1 is 1.26 bits per heavy atom. The van der Waals surface area contributed by atoms with E-state index in [0.29, 0.717) is 30.2 Å². The maximum Gasteiger partial charge on any atom is 0.327 e. The van der Waals surface area contributed by atoms with Gasteiger partial charge in [-0.15, -0.1) is 0 Å². The molecule has 1 fully saturated rings. The zero-order valence-corrected chi connectivity index (χ0v) is 16.5. The summed E-state index contributed by atoms with van der Waals surface area (Å²) in [6.45, 7) is 8.97. The van der Waals surface area contributed by atoms with Gasteiger partial charge in [-0.2, -0.15) is 9.97 Å². The highest BCUT2D eigenvalue weighted by Crippen LogP contribution is 2.22. The second-order valence-electron chi connectivity index (χ2n) is 7.47. The molecule has 0 aromatic carbocycles. The van der Waals surface area contributed by atoms with E-state index < -0.39 is 0 Å². The number of hydrogen-bond donors (Lipinski definition) is 2. The van der Waals surface area contributed by atoms with Crippen molar-refractivity contribution in [2.24, 2.45) is 5.92 Å². The zero-order chi connectivity index (χ0) is 19.2. The second-order valence-corrected chi connectivity index (χ2v) is 7.47. The van der Waals surface area contributed by atoms with Gasteiger partial charge in [0.25, 0.3) is 0 Å². The Hall–Kier alpha value is -2.09. The zero-order valence-electron chi connectivity index (χ0n) is 16.5. The quantitative estimate of drug-likeness (QED) is 0.652. The molecule has 8 heteroatoms. The van der Waals surface area contributed by atoms with Gasteiger partial charge >= 0.3 is 11.7 Å². The number of ether oxygens (including phenoxy) is 1. The first-order valence-corrected chi connectivity index (χ1v) is 10.2. The monoisotopic (exact) mass is 376 g/mol. The van der Waals surface area contributed by atoms with Gasteiger partial charge < -0.3 is 20.4 Å². The van der Waals surface area contributed by atoms with E-state index in [4.69, 9.17) is 10.5 Å². The number of fused-ring (bicyclic) bond motifs is 1. The van der Waals surface area contributed by atoms with Crippen LogP contribution >= 0.6 is 0 Å². The van der Waals surface area contributed by atoms with Crippen LogP contribution < -0.4 is 16.2 Å². The first-order valence-electron chi connectivity index (χ1n) is 10.2. The standard InChI is InChI=1S/C19H32N6O2/c1-3-5-12-27-18-22-16(20)15-17(23-18)25(19(26)21-15)11-8-14-7-6-10-24(13-14)9-4-2/h14H,3-13H2,1-2H3,(H,21,26)(H2,20,22,23). The van der Waals surface area contributed by atoms with Crippen LogP contribution in [0, 0.1) is 5.92 Å². The van der Waals surface area contributed by atoms with Crippen molar-refractivity contribution >= 4 is 17.0 Å². The van der Waals surface area contributed by atoms with E-state index in [1.807, 2.05) is 0 Å². The summed E-state index contributed by atoms with van der Waals surface area (Å²) in [5, 5.41) is 0. The number of aromatic amines is 1. The highest BCUT2D eigenvalue weighted by Gasteiger charge is 2.21. The van der Waals surface area contributed by atoms with E-state index in [9.17, 15) is 4.79 Å². The van der Waals surface area contributed by atoms with Gasteiger partial charge in [-0.25, -0.2) is 4.79 Å². The number of piperidine rings is 1. The predicted molar refractivity (Wildman–Crippen MR) is 107 cm³/mol. The smallest absolute Gasteiger partial charge is 0.327 e. The van der Waals surface area contributed by atoms with Crippen molar-refractivity contribution in [2.45, 2.75) is 58.9 Å². The molecule has 0 radical (unpaired) electrons. The van der Waals surface area contributed by atoms with Crippen LogP contribution in [-0.2, 0) is 6.54 Å². The number of nitrogens with zero attached hydrogens (tertiary/aromatic N) is 4. The van der Waals surface area contributed by atoms with E-state index in [1.54, 1.807) is 4.57 Å². The number of likely N-dealkylation sites (tertiary alicyclic amines) is 1. The molecule has 3 N–H and O–H groups in total. The Morgan fingerprint density at radius 2 is 2.11 bits per heavy atom. The fraction of sp³-hybridized carbons (Fsp3) is 0.737. The number of H-pyrrole nitrogens is 1. The van der Waals surface area contributed by atoms with Crippen molar-refractivity contribution in [2.75, 3.05) is 32.0 Å². The van der Waals surface area contributed by atoms with E-state index in [-0.39, 0.29) is 17.5 Å². The molecule has 3 rings (SSSR count). The van der Waals surface area contributed by atoms with Gasteiger partial charge in [0.2, 0.25) is 0 Å². The summed E-state index contributed by atoms with van der Waals surface area (Å²) in [4.78, 5) is 26.4. The highest BCUT2D eigenvalue weighted by atomic mass is 16.5. The molecule has 1 saturated heterocycles. The minimum Gasteiger partial charge on any atom is -0.463 e. The van der Waals surface area contributed by atoms with Gasteiger partial charge in [0, 0.05) is 13.1 Å². The summed E-state index contributed by atoms with van der Waals surface area (Å²) in [6.07, 6.45) is 6.56. The molecular weight excluding hydrogens is 344 g/mol. The number of unbranched alkanes of at least 4 members (excludes halogenated alkanes) is 1. The van der Waals surface area contributed by atoms with Gasteiger partial charge in [-0.05, 0) is 51.1 Å². The van der Waals surface area contributed by atoms with E-state index in [2.05, 4.69) is 33.7 Å². The van der Waals surface area contributed by atoms with Gasteiger partial charge in [-0.3, -0.25) is 4.57 Å². The third kappa shape index (κ3) is 4.80. The van der Waals surface area contributed by atoms with Gasteiger partial charge in [0.1, 0.15) is 5.52 Å². The van der Waals surface area contributed by atoms with Gasteiger partial charge in [0.05, 0.1) is 6.61 Å². The lowest BCUT2D eigenvalue weighted by Crippen LogP contribution is -2.36. The molecule has 0 amide bonds. The van der Waals surface area contributed by atoms with Crippen LogP contribution in [-0.4, -0.2) is 50.7 Å². The van der Waals surface area contributed by atoms with Crippen LogP contribution in [0.25, 0.3) is 11.2 Å². The molecule has 27 heavy (non-hydrogen) atoms. The molecule has 1 atom stereocenters. The largest absolute Gasteiger partial charge is 0.463 e. The summed E-state index contributed by atoms with van der Waals surface area (Å²) in [7, 11) is 0. The molecule has 0 spiro atoms. The number of nitrogens with one attached hydrogen (secondary N) is 1. The predicted octanol–water partition coefficient (Wildman–Crippen LogP) is 2.39. The van der Waals surface area contributed by atoms with Crippen molar-refractivity contribution in [3.63, 3.8) is 0 Å².